The Morgan fingerprint density at radius 2 is 1.86 bits per heavy atom. The second kappa shape index (κ2) is 8.87. The van der Waals surface area contributed by atoms with Crippen molar-refractivity contribution in [3.63, 3.8) is 0 Å². The normalized spacial score (nSPS) is 12.7. The zero-order valence-corrected chi connectivity index (χ0v) is 18.2. The van der Waals surface area contributed by atoms with Crippen LogP contribution in [-0.2, 0) is 11.3 Å². The number of nitrogens with one attached hydrogen (secondary N) is 1. The molecule has 0 spiro atoms. The van der Waals surface area contributed by atoms with Crippen LogP contribution < -0.4 is 10.1 Å². The SMILES string of the molecule is CC(NC(=O)C(C)(C)C)c1nc2ccccc2n1CCCOc1ccccc1Cl. The zero-order chi connectivity index (χ0) is 21.0. The summed E-state index contributed by atoms with van der Waals surface area (Å²) in [7, 11) is 0. The number of ether oxygens (including phenoxy) is 1. The monoisotopic (exact) mass is 413 g/mol. The number of rotatable bonds is 7. The Hall–Kier alpha value is -2.53. The molecule has 0 aliphatic carbocycles. The molecule has 3 aromatic rings. The van der Waals surface area contributed by atoms with Crippen molar-refractivity contribution >= 4 is 28.5 Å². The number of carbonyl (C=O) groups excluding carboxylic acids is 1. The molecular formula is C23H28ClN3O2. The van der Waals surface area contributed by atoms with Crippen LogP contribution in [0, 0.1) is 5.41 Å². The number of carbonyl (C=O) groups is 1. The lowest BCUT2D eigenvalue weighted by atomic mass is 9.95. The van der Waals surface area contributed by atoms with Crippen LogP contribution in [0.3, 0.4) is 0 Å². The number of benzene rings is 2. The predicted molar refractivity (Wildman–Crippen MR) is 117 cm³/mol. The maximum Gasteiger partial charge on any atom is 0.225 e. The fourth-order valence-electron chi connectivity index (χ4n) is 3.10. The van der Waals surface area contributed by atoms with Crippen LogP contribution in [0.5, 0.6) is 5.75 Å². The Labute approximate surface area is 177 Å². The highest BCUT2D eigenvalue weighted by Gasteiger charge is 2.25. The van der Waals surface area contributed by atoms with Gasteiger partial charge in [-0.05, 0) is 37.6 Å². The zero-order valence-electron chi connectivity index (χ0n) is 17.4. The molecule has 6 heteroatoms. The number of fused-ring (bicyclic) bond motifs is 1. The van der Waals surface area contributed by atoms with Crippen LogP contribution in [0.1, 0.15) is 46.0 Å². The van der Waals surface area contributed by atoms with Crippen LogP contribution in [0.4, 0.5) is 0 Å². The molecule has 1 N–H and O–H groups in total. The van der Waals surface area contributed by atoms with Gasteiger partial charge in [0.2, 0.25) is 5.91 Å². The summed E-state index contributed by atoms with van der Waals surface area (Å²) >= 11 is 6.15. The van der Waals surface area contributed by atoms with Gasteiger partial charge in [0.25, 0.3) is 0 Å². The van der Waals surface area contributed by atoms with Gasteiger partial charge in [0, 0.05) is 12.0 Å². The Bertz CT molecular complexity index is 991. The van der Waals surface area contributed by atoms with Gasteiger partial charge >= 0.3 is 0 Å². The largest absolute Gasteiger partial charge is 0.492 e. The van der Waals surface area contributed by atoms with Gasteiger partial charge in [0.05, 0.1) is 28.7 Å². The predicted octanol–water partition coefficient (Wildman–Crippen LogP) is 5.38. The van der Waals surface area contributed by atoms with E-state index >= 15 is 0 Å². The van der Waals surface area contributed by atoms with Crippen molar-refractivity contribution in [2.45, 2.75) is 46.7 Å². The molecule has 0 radical (unpaired) electrons. The van der Waals surface area contributed by atoms with E-state index in [0.717, 1.165) is 29.8 Å². The van der Waals surface area contributed by atoms with Crippen LogP contribution >= 0.6 is 11.6 Å². The standard InChI is InChI=1S/C23H28ClN3O2/c1-16(25-22(28)23(2,3)4)21-26-18-11-6-7-12-19(18)27(21)14-9-15-29-20-13-8-5-10-17(20)24/h5-8,10-13,16H,9,14-15H2,1-4H3,(H,25,28). The van der Waals surface area contributed by atoms with E-state index in [-0.39, 0.29) is 11.9 Å². The molecule has 0 aliphatic heterocycles. The third kappa shape index (κ3) is 5.10. The first kappa shape index (κ1) is 21.2. The Morgan fingerprint density at radius 1 is 1.17 bits per heavy atom. The lowest BCUT2D eigenvalue weighted by Gasteiger charge is -2.22. The first-order chi connectivity index (χ1) is 13.8. The summed E-state index contributed by atoms with van der Waals surface area (Å²) in [5, 5.41) is 3.70. The third-order valence-electron chi connectivity index (χ3n) is 4.72. The molecule has 1 amide bonds. The van der Waals surface area contributed by atoms with Crippen molar-refractivity contribution < 1.29 is 9.53 Å². The van der Waals surface area contributed by atoms with Crippen molar-refractivity contribution in [3.8, 4) is 5.75 Å². The Kier molecular flexibility index (Phi) is 6.48. The van der Waals surface area contributed by atoms with E-state index in [2.05, 4.69) is 16.0 Å². The first-order valence-electron chi connectivity index (χ1n) is 9.91. The van der Waals surface area contributed by atoms with Gasteiger partial charge in [0.1, 0.15) is 11.6 Å². The van der Waals surface area contributed by atoms with Gasteiger partial charge in [-0.15, -0.1) is 0 Å². The van der Waals surface area contributed by atoms with Gasteiger partial charge < -0.3 is 14.6 Å². The summed E-state index contributed by atoms with van der Waals surface area (Å²) in [5.41, 5.74) is 1.52. The van der Waals surface area contributed by atoms with Gasteiger partial charge in [-0.3, -0.25) is 4.79 Å². The van der Waals surface area contributed by atoms with Crippen molar-refractivity contribution in [1.29, 1.82) is 0 Å². The van der Waals surface area contributed by atoms with Crippen LogP contribution in [0.25, 0.3) is 11.0 Å². The summed E-state index contributed by atoms with van der Waals surface area (Å²) in [5.74, 6) is 1.54. The quantitative estimate of drug-likeness (QED) is 0.529. The fourth-order valence-corrected chi connectivity index (χ4v) is 3.29. The number of hydrogen-bond acceptors (Lipinski definition) is 3. The fraction of sp³-hybridized carbons (Fsp3) is 0.391. The maximum atomic E-state index is 12.4. The number of halogens is 1. The molecule has 1 atom stereocenters. The van der Waals surface area contributed by atoms with E-state index in [4.69, 9.17) is 21.3 Å². The number of aryl methyl sites for hydroxylation is 1. The molecule has 0 saturated carbocycles. The van der Waals surface area contributed by atoms with Gasteiger partial charge in [0.15, 0.2) is 0 Å². The molecule has 1 unspecified atom stereocenters. The maximum absolute atomic E-state index is 12.4. The van der Waals surface area contributed by atoms with E-state index in [0.29, 0.717) is 17.4 Å². The molecule has 2 aromatic carbocycles. The summed E-state index contributed by atoms with van der Waals surface area (Å²) in [4.78, 5) is 17.2. The number of amides is 1. The molecule has 1 heterocycles. The number of para-hydroxylation sites is 3. The Balaban J connectivity index is 1.74. The van der Waals surface area contributed by atoms with Crippen molar-refractivity contribution in [2.75, 3.05) is 6.61 Å². The number of nitrogens with zero attached hydrogens (tertiary/aromatic N) is 2. The van der Waals surface area contributed by atoms with E-state index in [1.165, 1.54) is 0 Å². The van der Waals surface area contributed by atoms with E-state index in [1.807, 2.05) is 70.2 Å². The number of hydrogen-bond donors (Lipinski definition) is 1. The Morgan fingerprint density at radius 3 is 2.59 bits per heavy atom. The first-order valence-corrected chi connectivity index (χ1v) is 10.3. The molecule has 0 saturated heterocycles. The molecule has 3 rings (SSSR count). The molecule has 0 bridgehead atoms. The van der Waals surface area contributed by atoms with E-state index < -0.39 is 5.41 Å². The molecule has 154 valence electrons. The minimum atomic E-state index is -0.450. The van der Waals surface area contributed by atoms with Crippen LogP contribution in [-0.4, -0.2) is 22.1 Å². The number of imidazole rings is 1. The van der Waals surface area contributed by atoms with Gasteiger partial charge in [-0.1, -0.05) is 56.6 Å². The topological polar surface area (TPSA) is 56.2 Å². The average molecular weight is 414 g/mol. The summed E-state index contributed by atoms with van der Waals surface area (Å²) < 4.78 is 7.99. The molecule has 0 aliphatic rings. The highest BCUT2D eigenvalue weighted by molar-refractivity contribution is 6.32. The average Bonchev–Trinajstić information content (AvgIpc) is 3.04. The lowest BCUT2D eigenvalue weighted by Crippen LogP contribution is -2.37. The highest BCUT2D eigenvalue weighted by atomic mass is 35.5. The van der Waals surface area contributed by atoms with E-state index in [1.54, 1.807) is 0 Å². The highest BCUT2D eigenvalue weighted by Crippen LogP contribution is 2.25. The third-order valence-corrected chi connectivity index (χ3v) is 5.03. The second-order valence-electron chi connectivity index (χ2n) is 8.19. The van der Waals surface area contributed by atoms with Gasteiger partial charge in [-0.2, -0.15) is 0 Å². The summed E-state index contributed by atoms with van der Waals surface area (Å²) in [6.45, 7) is 8.97. The molecule has 29 heavy (non-hydrogen) atoms. The van der Waals surface area contributed by atoms with Crippen molar-refractivity contribution in [2.24, 2.45) is 5.41 Å². The van der Waals surface area contributed by atoms with Crippen molar-refractivity contribution in [1.82, 2.24) is 14.9 Å². The number of aromatic nitrogens is 2. The molecule has 5 nitrogen and oxygen atoms in total. The van der Waals surface area contributed by atoms with Crippen LogP contribution in [0.15, 0.2) is 48.5 Å². The van der Waals surface area contributed by atoms with Gasteiger partial charge in [-0.25, -0.2) is 4.98 Å². The summed E-state index contributed by atoms with van der Waals surface area (Å²) in [6.07, 6.45) is 0.790. The second-order valence-corrected chi connectivity index (χ2v) is 8.60. The molecule has 0 fully saturated rings. The molecular weight excluding hydrogens is 386 g/mol. The van der Waals surface area contributed by atoms with Crippen molar-refractivity contribution in [3.05, 3.63) is 59.4 Å². The van der Waals surface area contributed by atoms with Crippen LogP contribution in [0.2, 0.25) is 5.02 Å². The smallest absolute Gasteiger partial charge is 0.225 e. The van der Waals surface area contributed by atoms with E-state index in [9.17, 15) is 4.79 Å². The lowest BCUT2D eigenvalue weighted by molar-refractivity contribution is -0.129. The molecule has 1 aromatic heterocycles. The minimum Gasteiger partial charge on any atom is -0.492 e. The minimum absolute atomic E-state index is 0.00524. The summed E-state index contributed by atoms with van der Waals surface area (Å²) in [6, 6.07) is 15.3.